The van der Waals surface area contributed by atoms with Gasteiger partial charge in [-0.1, -0.05) is 11.6 Å². The van der Waals surface area contributed by atoms with Crippen molar-refractivity contribution in [2.45, 2.75) is 12.5 Å². The molecule has 2 nitrogen and oxygen atoms in total. The molecule has 1 aromatic carbocycles. The number of aliphatic hydroxyl groups excluding tert-OH is 1. The first-order valence-electron chi connectivity index (χ1n) is 3.85. The van der Waals surface area contributed by atoms with Crippen LogP contribution in [0.15, 0.2) is 18.2 Å². The number of halogens is 1. The fourth-order valence-corrected chi connectivity index (χ4v) is 1.54. The molecule has 1 atom stereocenters. The van der Waals surface area contributed by atoms with Crippen molar-refractivity contribution >= 4 is 11.6 Å². The van der Waals surface area contributed by atoms with Crippen molar-refractivity contribution in [1.82, 2.24) is 0 Å². The van der Waals surface area contributed by atoms with Crippen LogP contribution in [0.1, 0.15) is 5.56 Å². The number of aliphatic hydroxyl groups is 1. The van der Waals surface area contributed by atoms with Crippen LogP contribution in [0.2, 0.25) is 5.02 Å². The van der Waals surface area contributed by atoms with Crippen molar-refractivity contribution in [1.29, 1.82) is 0 Å². The van der Waals surface area contributed by atoms with Gasteiger partial charge in [-0.25, -0.2) is 0 Å². The Morgan fingerprint density at radius 2 is 2.33 bits per heavy atom. The SMILES string of the molecule is O[C@H]1COc2ccc(Cl)cc2C1. The average molecular weight is 185 g/mol. The van der Waals surface area contributed by atoms with Gasteiger partial charge in [0.2, 0.25) is 0 Å². The van der Waals surface area contributed by atoms with Crippen LogP contribution in [-0.4, -0.2) is 17.8 Å². The van der Waals surface area contributed by atoms with Gasteiger partial charge >= 0.3 is 0 Å². The zero-order valence-corrected chi connectivity index (χ0v) is 7.21. The van der Waals surface area contributed by atoms with Crippen LogP contribution >= 0.6 is 11.6 Å². The van der Waals surface area contributed by atoms with E-state index < -0.39 is 6.10 Å². The van der Waals surface area contributed by atoms with Gasteiger partial charge in [0.25, 0.3) is 0 Å². The third kappa shape index (κ3) is 1.40. The molecular formula is C9H9ClO2. The second kappa shape index (κ2) is 2.96. The highest BCUT2D eigenvalue weighted by Crippen LogP contribution is 2.27. The van der Waals surface area contributed by atoms with Crippen LogP contribution < -0.4 is 4.74 Å². The maximum absolute atomic E-state index is 9.28. The molecule has 0 bridgehead atoms. The molecule has 0 spiro atoms. The summed E-state index contributed by atoms with van der Waals surface area (Å²) in [4.78, 5) is 0. The molecule has 0 saturated heterocycles. The summed E-state index contributed by atoms with van der Waals surface area (Å²) in [5.74, 6) is 0.838. The minimum atomic E-state index is -0.393. The summed E-state index contributed by atoms with van der Waals surface area (Å²) >= 11 is 5.79. The molecule has 0 aliphatic carbocycles. The van der Waals surface area contributed by atoms with Gasteiger partial charge in [0.15, 0.2) is 0 Å². The zero-order valence-electron chi connectivity index (χ0n) is 6.46. The van der Waals surface area contributed by atoms with E-state index in [9.17, 15) is 5.11 Å². The third-order valence-electron chi connectivity index (χ3n) is 1.91. The van der Waals surface area contributed by atoms with Gasteiger partial charge in [-0.3, -0.25) is 0 Å². The molecule has 1 aromatic rings. The predicted octanol–water partition coefficient (Wildman–Crippen LogP) is 1.64. The van der Waals surface area contributed by atoms with Gasteiger partial charge in [0.05, 0.1) is 6.10 Å². The second-order valence-electron chi connectivity index (χ2n) is 2.92. The van der Waals surface area contributed by atoms with Crippen molar-refractivity contribution in [3.05, 3.63) is 28.8 Å². The van der Waals surface area contributed by atoms with Crippen LogP contribution in [0.5, 0.6) is 5.75 Å². The molecule has 1 aliphatic heterocycles. The first-order chi connectivity index (χ1) is 5.75. The zero-order chi connectivity index (χ0) is 8.55. The van der Waals surface area contributed by atoms with E-state index in [4.69, 9.17) is 16.3 Å². The molecular weight excluding hydrogens is 176 g/mol. The van der Waals surface area contributed by atoms with Crippen LogP contribution in [0.4, 0.5) is 0 Å². The number of ether oxygens (including phenoxy) is 1. The van der Waals surface area contributed by atoms with Crippen molar-refractivity contribution in [3.63, 3.8) is 0 Å². The first-order valence-corrected chi connectivity index (χ1v) is 4.23. The van der Waals surface area contributed by atoms with E-state index in [1.807, 2.05) is 12.1 Å². The van der Waals surface area contributed by atoms with Gasteiger partial charge in [0, 0.05) is 11.4 Å². The summed E-state index contributed by atoms with van der Waals surface area (Å²) in [6.07, 6.45) is 0.242. The average Bonchev–Trinajstić information content (AvgIpc) is 2.03. The molecule has 1 heterocycles. The quantitative estimate of drug-likeness (QED) is 0.664. The van der Waals surface area contributed by atoms with E-state index in [0.717, 1.165) is 11.3 Å². The lowest BCUT2D eigenvalue weighted by atomic mass is 10.1. The molecule has 3 heteroatoms. The molecule has 0 aromatic heterocycles. The third-order valence-corrected chi connectivity index (χ3v) is 2.14. The van der Waals surface area contributed by atoms with E-state index in [1.54, 1.807) is 6.07 Å². The second-order valence-corrected chi connectivity index (χ2v) is 3.36. The first kappa shape index (κ1) is 7.90. The van der Waals surface area contributed by atoms with Crippen LogP contribution in [-0.2, 0) is 6.42 Å². The lowest BCUT2D eigenvalue weighted by molar-refractivity contribution is 0.0921. The Balaban J connectivity index is 2.37. The van der Waals surface area contributed by atoms with Crippen LogP contribution in [0.3, 0.4) is 0 Å². The summed E-state index contributed by atoms with van der Waals surface area (Å²) in [5.41, 5.74) is 0.987. The number of rotatable bonds is 0. The van der Waals surface area contributed by atoms with Gasteiger partial charge in [-0.2, -0.15) is 0 Å². The van der Waals surface area contributed by atoms with Gasteiger partial charge in [0.1, 0.15) is 12.4 Å². The molecule has 12 heavy (non-hydrogen) atoms. The Labute approximate surface area is 75.7 Å². The molecule has 0 amide bonds. The maximum Gasteiger partial charge on any atom is 0.122 e. The Morgan fingerprint density at radius 3 is 3.17 bits per heavy atom. The highest BCUT2D eigenvalue weighted by molar-refractivity contribution is 6.30. The van der Waals surface area contributed by atoms with Crippen molar-refractivity contribution in [3.8, 4) is 5.75 Å². The maximum atomic E-state index is 9.28. The smallest absolute Gasteiger partial charge is 0.122 e. The lowest BCUT2D eigenvalue weighted by Crippen LogP contribution is -2.25. The summed E-state index contributed by atoms with van der Waals surface area (Å²) < 4.78 is 5.28. The fraction of sp³-hybridized carbons (Fsp3) is 0.333. The molecule has 1 aliphatic rings. The predicted molar refractivity (Wildman–Crippen MR) is 46.7 cm³/mol. The van der Waals surface area contributed by atoms with Crippen molar-refractivity contribution in [2.75, 3.05) is 6.61 Å². The van der Waals surface area contributed by atoms with E-state index >= 15 is 0 Å². The molecule has 0 radical (unpaired) electrons. The Kier molecular flexibility index (Phi) is 1.95. The minimum Gasteiger partial charge on any atom is -0.491 e. The summed E-state index contributed by atoms with van der Waals surface area (Å²) in [7, 11) is 0. The van der Waals surface area contributed by atoms with Gasteiger partial charge < -0.3 is 9.84 Å². The summed E-state index contributed by atoms with van der Waals surface area (Å²) in [5, 5.41) is 9.97. The van der Waals surface area contributed by atoms with Crippen LogP contribution in [0.25, 0.3) is 0 Å². The number of hydrogen-bond donors (Lipinski definition) is 1. The van der Waals surface area contributed by atoms with E-state index in [0.29, 0.717) is 18.1 Å². The van der Waals surface area contributed by atoms with Gasteiger partial charge in [-0.05, 0) is 23.8 Å². The van der Waals surface area contributed by atoms with E-state index in [-0.39, 0.29) is 0 Å². The Bertz CT molecular complexity index is 299. The molecule has 2 rings (SSSR count). The number of fused-ring (bicyclic) bond motifs is 1. The summed E-state index contributed by atoms with van der Waals surface area (Å²) in [6, 6.07) is 5.46. The van der Waals surface area contributed by atoms with E-state index in [1.165, 1.54) is 0 Å². The Morgan fingerprint density at radius 1 is 1.50 bits per heavy atom. The molecule has 1 N–H and O–H groups in total. The van der Waals surface area contributed by atoms with Crippen molar-refractivity contribution < 1.29 is 9.84 Å². The highest BCUT2D eigenvalue weighted by Gasteiger charge is 2.17. The molecule has 0 unspecified atom stereocenters. The number of hydrogen-bond acceptors (Lipinski definition) is 2. The molecule has 0 fully saturated rings. The number of benzene rings is 1. The van der Waals surface area contributed by atoms with E-state index in [2.05, 4.69) is 0 Å². The molecule has 64 valence electrons. The summed E-state index contributed by atoms with van der Waals surface area (Å²) in [6.45, 7) is 0.384. The highest BCUT2D eigenvalue weighted by atomic mass is 35.5. The lowest BCUT2D eigenvalue weighted by Gasteiger charge is -2.21. The Hall–Kier alpha value is -0.730. The standard InChI is InChI=1S/C9H9ClO2/c10-7-1-2-9-6(3-7)4-8(11)5-12-9/h1-3,8,11H,4-5H2/t8-/m1/s1. The largest absolute Gasteiger partial charge is 0.491 e. The van der Waals surface area contributed by atoms with Gasteiger partial charge in [-0.15, -0.1) is 0 Å². The minimum absolute atomic E-state index is 0.384. The van der Waals surface area contributed by atoms with Crippen molar-refractivity contribution in [2.24, 2.45) is 0 Å². The molecule has 0 saturated carbocycles. The normalized spacial score (nSPS) is 21.3. The topological polar surface area (TPSA) is 29.5 Å². The fourth-order valence-electron chi connectivity index (χ4n) is 1.35. The van der Waals surface area contributed by atoms with Crippen LogP contribution in [0, 0.1) is 0 Å². The monoisotopic (exact) mass is 184 g/mol.